The number of aromatic carboxylic acids is 1. The van der Waals surface area contributed by atoms with Crippen molar-refractivity contribution in [2.75, 3.05) is 0 Å². The fourth-order valence-electron chi connectivity index (χ4n) is 3.10. The zero-order chi connectivity index (χ0) is 19.0. The van der Waals surface area contributed by atoms with Gasteiger partial charge in [0.25, 0.3) is 0 Å². The van der Waals surface area contributed by atoms with Crippen molar-refractivity contribution in [3.8, 4) is 22.4 Å². The van der Waals surface area contributed by atoms with Gasteiger partial charge in [0.05, 0.1) is 16.8 Å². The number of benzene rings is 3. The Hall–Kier alpha value is -3.17. The molecule has 4 aromatic rings. The van der Waals surface area contributed by atoms with Crippen molar-refractivity contribution in [2.45, 2.75) is 6.92 Å². The van der Waals surface area contributed by atoms with Crippen molar-refractivity contribution in [2.24, 2.45) is 0 Å². The van der Waals surface area contributed by atoms with E-state index >= 15 is 0 Å². The smallest absolute Gasteiger partial charge is 0.336 e. The highest BCUT2D eigenvalue weighted by Gasteiger charge is 2.13. The molecule has 0 aliphatic carbocycles. The molecule has 3 nitrogen and oxygen atoms in total. The normalized spacial score (nSPS) is 10.9. The van der Waals surface area contributed by atoms with Gasteiger partial charge in [-0.1, -0.05) is 65.7 Å². The van der Waals surface area contributed by atoms with Gasteiger partial charge >= 0.3 is 5.97 Å². The van der Waals surface area contributed by atoms with Crippen molar-refractivity contribution in [1.82, 2.24) is 4.98 Å². The number of aryl methyl sites for hydroxylation is 1. The highest BCUT2D eigenvalue weighted by Crippen LogP contribution is 2.29. The van der Waals surface area contributed by atoms with Gasteiger partial charge in [0.2, 0.25) is 0 Å². The Bertz CT molecular complexity index is 1150. The molecular formula is C23H16ClNO2. The minimum atomic E-state index is -0.998. The SMILES string of the molecule is Cc1ccc(-c2ccc(-c3cc(C(=O)O)c4cc(Cl)ccc4n3)cc2)cc1. The van der Waals surface area contributed by atoms with E-state index in [0.29, 0.717) is 21.6 Å². The molecule has 0 radical (unpaired) electrons. The second-order valence-electron chi connectivity index (χ2n) is 6.47. The largest absolute Gasteiger partial charge is 0.478 e. The number of aromatic nitrogens is 1. The van der Waals surface area contributed by atoms with Crippen molar-refractivity contribution >= 4 is 28.5 Å². The van der Waals surface area contributed by atoms with Gasteiger partial charge in [-0.2, -0.15) is 0 Å². The molecule has 1 heterocycles. The Balaban J connectivity index is 1.79. The third-order valence-electron chi connectivity index (χ3n) is 4.57. The molecule has 3 aromatic carbocycles. The van der Waals surface area contributed by atoms with Gasteiger partial charge in [-0.05, 0) is 42.3 Å². The maximum Gasteiger partial charge on any atom is 0.336 e. The number of halogens is 1. The number of hydrogen-bond donors (Lipinski definition) is 1. The van der Waals surface area contributed by atoms with Gasteiger partial charge in [-0.25, -0.2) is 9.78 Å². The Morgan fingerprint density at radius 3 is 2.07 bits per heavy atom. The molecule has 0 aliphatic heterocycles. The molecule has 27 heavy (non-hydrogen) atoms. The highest BCUT2D eigenvalue weighted by atomic mass is 35.5. The van der Waals surface area contributed by atoms with Gasteiger partial charge in [-0.3, -0.25) is 0 Å². The number of carboxylic acid groups (broad SMARTS) is 1. The highest BCUT2D eigenvalue weighted by molar-refractivity contribution is 6.31. The lowest BCUT2D eigenvalue weighted by atomic mass is 10.00. The van der Waals surface area contributed by atoms with E-state index in [0.717, 1.165) is 16.7 Å². The summed E-state index contributed by atoms with van der Waals surface area (Å²) in [7, 11) is 0. The van der Waals surface area contributed by atoms with Crippen molar-refractivity contribution in [3.05, 3.63) is 88.9 Å². The first kappa shape index (κ1) is 17.3. The molecular weight excluding hydrogens is 358 g/mol. The van der Waals surface area contributed by atoms with E-state index in [2.05, 4.69) is 36.2 Å². The molecule has 0 amide bonds. The minimum absolute atomic E-state index is 0.195. The van der Waals surface area contributed by atoms with Crippen LogP contribution in [-0.4, -0.2) is 16.1 Å². The number of rotatable bonds is 3. The molecule has 132 valence electrons. The van der Waals surface area contributed by atoms with Crippen LogP contribution in [0.1, 0.15) is 15.9 Å². The van der Waals surface area contributed by atoms with Crippen LogP contribution in [-0.2, 0) is 0 Å². The maximum atomic E-state index is 11.7. The number of carboxylic acids is 1. The first-order valence-corrected chi connectivity index (χ1v) is 8.90. The van der Waals surface area contributed by atoms with Gasteiger partial charge < -0.3 is 5.11 Å². The van der Waals surface area contributed by atoms with Crippen LogP contribution >= 0.6 is 11.6 Å². The summed E-state index contributed by atoms with van der Waals surface area (Å²) in [4.78, 5) is 16.3. The Labute approximate surface area is 161 Å². The molecule has 0 aliphatic rings. The van der Waals surface area contributed by atoms with E-state index in [9.17, 15) is 9.90 Å². The molecule has 0 fully saturated rings. The van der Waals surface area contributed by atoms with Crippen LogP contribution in [0.15, 0.2) is 72.8 Å². The molecule has 1 aromatic heterocycles. The van der Waals surface area contributed by atoms with Gasteiger partial charge in [0, 0.05) is 16.0 Å². The van der Waals surface area contributed by atoms with Crippen molar-refractivity contribution in [3.63, 3.8) is 0 Å². The quantitative estimate of drug-likeness (QED) is 0.463. The second-order valence-corrected chi connectivity index (χ2v) is 6.90. The van der Waals surface area contributed by atoms with E-state index in [1.807, 2.05) is 24.3 Å². The molecule has 0 bridgehead atoms. The fourth-order valence-corrected chi connectivity index (χ4v) is 3.27. The number of nitrogens with zero attached hydrogens (tertiary/aromatic N) is 1. The van der Waals surface area contributed by atoms with Crippen LogP contribution in [0, 0.1) is 6.92 Å². The first-order valence-electron chi connectivity index (χ1n) is 8.52. The summed E-state index contributed by atoms with van der Waals surface area (Å²) in [6, 6.07) is 23.0. The van der Waals surface area contributed by atoms with Crippen LogP contribution in [0.4, 0.5) is 0 Å². The summed E-state index contributed by atoms with van der Waals surface area (Å²) < 4.78 is 0. The summed E-state index contributed by atoms with van der Waals surface area (Å²) in [5.74, 6) is -0.998. The lowest BCUT2D eigenvalue weighted by Gasteiger charge is -2.09. The number of fused-ring (bicyclic) bond motifs is 1. The van der Waals surface area contributed by atoms with E-state index in [1.165, 1.54) is 5.56 Å². The lowest BCUT2D eigenvalue weighted by Crippen LogP contribution is -2.00. The van der Waals surface area contributed by atoms with Crippen LogP contribution in [0.2, 0.25) is 5.02 Å². The zero-order valence-corrected chi connectivity index (χ0v) is 15.4. The molecule has 0 atom stereocenters. The van der Waals surface area contributed by atoms with Crippen molar-refractivity contribution < 1.29 is 9.90 Å². The van der Waals surface area contributed by atoms with Crippen molar-refractivity contribution in [1.29, 1.82) is 0 Å². The summed E-state index contributed by atoms with van der Waals surface area (Å²) in [5.41, 5.74) is 5.75. The summed E-state index contributed by atoms with van der Waals surface area (Å²) >= 11 is 6.02. The molecule has 1 N–H and O–H groups in total. The molecule has 0 saturated heterocycles. The van der Waals surface area contributed by atoms with Gasteiger partial charge in [0.1, 0.15) is 0 Å². The minimum Gasteiger partial charge on any atom is -0.478 e. The van der Waals surface area contributed by atoms with E-state index in [4.69, 9.17) is 11.6 Å². The second kappa shape index (κ2) is 6.86. The average molecular weight is 374 g/mol. The van der Waals surface area contributed by atoms with Crippen LogP contribution in [0.5, 0.6) is 0 Å². The zero-order valence-electron chi connectivity index (χ0n) is 14.6. The monoisotopic (exact) mass is 373 g/mol. The predicted molar refractivity (Wildman–Crippen MR) is 109 cm³/mol. The Morgan fingerprint density at radius 1 is 0.852 bits per heavy atom. The van der Waals surface area contributed by atoms with E-state index in [-0.39, 0.29) is 5.56 Å². The number of carbonyl (C=O) groups is 1. The molecule has 4 heteroatoms. The summed E-state index contributed by atoms with van der Waals surface area (Å²) in [6.07, 6.45) is 0. The molecule has 0 spiro atoms. The Morgan fingerprint density at radius 2 is 1.44 bits per heavy atom. The average Bonchev–Trinajstić information content (AvgIpc) is 2.68. The van der Waals surface area contributed by atoms with E-state index in [1.54, 1.807) is 24.3 Å². The van der Waals surface area contributed by atoms with Gasteiger partial charge in [0.15, 0.2) is 0 Å². The lowest BCUT2D eigenvalue weighted by molar-refractivity contribution is 0.0699. The molecule has 0 unspecified atom stereocenters. The fraction of sp³-hybridized carbons (Fsp3) is 0.0435. The van der Waals surface area contributed by atoms with Gasteiger partial charge in [-0.15, -0.1) is 0 Å². The Kier molecular flexibility index (Phi) is 4.38. The summed E-state index contributed by atoms with van der Waals surface area (Å²) in [6.45, 7) is 2.06. The number of hydrogen-bond acceptors (Lipinski definition) is 2. The maximum absolute atomic E-state index is 11.7. The third kappa shape index (κ3) is 3.42. The predicted octanol–water partition coefficient (Wildman–Crippen LogP) is 6.23. The van der Waals surface area contributed by atoms with Crippen LogP contribution in [0.25, 0.3) is 33.3 Å². The molecule has 0 saturated carbocycles. The topological polar surface area (TPSA) is 50.2 Å². The number of pyridine rings is 1. The standard InChI is InChI=1S/C23H16ClNO2/c1-14-2-4-15(5-3-14)16-6-8-17(9-7-16)22-13-20(23(26)27)19-12-18(24)10-11-21(19)25-22/h2-13H,1H3,(H,26,27). The third-order valence-corrected chi connectivity index (χ3v) is 4.80. The van der Waals surface area contributed by atoms with E-state index < -0.39 is 5.97 Å². The first-order chi connectivity index (χ1) is 13.0. The molecule has 4 rings (SSSR count). The van der Waals surface area contributed by atoms with Crippen LogP contribution in [0.3, 0.4) is 0 Å². The summed E-state index contributed by atoms with van der Waals surface area (Å²) in [5, 5.41) is 10.6. The van der Waals surface area contributed by atoms with Crippen LogP contribution < -0.4 is 0 Å².